The molecule has 0 aromatic heterocycles. The van der Waals surface area contributed by atoms with Gasteiger partial charge in [-0.1, -0.05) is 38.1 Å². The van der Waals surface area contributed by atoms with Gasteiger partial charge in [-0.3, -0.25) is 0 Å². The summed E-state index contributed by atoms with van der Waals surface area (Å²) in [5.74, 6) is 0.757. The molecular formula is C19H32N2. The molecule has 2 nitrogen and oxygen atoms in total. The molecule has 2 heteroatoms. The Morgan fingerprint density at radius 2 is 2.00 bits per heavy atom. The molecule has 0 amide bonds. The molecule has 1 aliphatic carbocycles. The molecule has 2 atom stereocenters. The lowest BCUT2D eigenvalue weighted by molar-refractivity contribution is 0.110. The van der Waals surface area contributed by atoms with Crippen LogP contribution in [0.25, 0.3) is 0 Å². The third kappa shape index (κ3) is 4.55. The molecule has 0 bridgehead atoms. The lowest BCUT2D eigenvalue weighted by Gasteiger charge is -2.42. The Morgan fingerprint density at radius 3 is 2.67 bits per heavy atom. The molecule has 1 fully saturated rings. The summed E-state index contributed by atoms with van der Waals surface area (Å²) in [6.45, 7) is 9.30. The first kappa shape index (κ1) is 16.5. The fourth-order valence-electron chi connectivity index (χ4n) is 3.85. The van der Waals surface area contributed by atoms with Crippen LogP contribution in [-0.4, -0.2) is 31.6 Å². The van der Waals surface area contributed by atoms with Gasteiger partial charge in [0.2, 0.25) is 0 Å². The number of aryl methyl sites for hydroxylation is 1. The molecule has 0 heterocycles. The molecule has 1 aliphatic rings. The van der Waals surface area contributed by atoms with Crippen molar-refractivity contribution in [1.29, 1.82) is 0 Å². The fourth-order valence-corrected chi connectivity index (χ4v) is 3.85. The molecule has 1 aromatic rings. The topological polar surface area (TPSA) is 15.3 Å². The van der Waals surface area contributed by atoms with Crippen LogP contribution in [0.15, 0.2) is 24.3 Å². The standard InChI is InChI=1S/C19H32N2/c1-15-8-6-7-9-16(15)13-21(5)14-17-12-19(2,3)11-10-18(17)20-4/h6-9,17-18,20H,10-14H2,1-5H3. The minimum atomic E-state index is 0.502. The van der Waals surface area contributed by atoms with E-state index < -0.39 is 0 Å². The summed E-state index contributed by atoms with van der Waals surface area (Å²) >= 11 is 0. The molecule has 118 valence electrons. The SMILES string of the molecule is CNC1CCC(C)(C)CC1CN(C)Cc1ccccc1C. The molecule has 1 saturated carbocycles. The summed E-state index contributed by atoms with van der Waals surface area (Å²) in [5, 5.41) is 3.55. The third-order valence-electron chi connectivity index (χ3n) is 5.13. The van der Waals surface area contributed by atoms with E-state index in [2.05, 4.69) is 69.3 Å². The van der Waals surface area contributed by atoms with Crippen molar-refractivity contribution in [3.05, 3.63) is 35.4 Å². The Labute approximate surface area is 130 Å². The minimum absolute atomic E-state index is 0.502. The van der Waals surface area contributed by atoms with Gasteiger partial charge < -0.3 is 10.2 Å². The molecule has 0 saturated heterocycles. The Kier molecular flexibility index (Phi) is 5.45. The second kappa shape index (κ2) is 6.93. The van der Waals surface area contributed by atoms with Crippen LogP contribution < -0.4 is 5.32 Å². The maximum atomic E-state index is 3.55. The van der Waals surface area contributed by atoms with E-state index in [0.717, 1.165) is 12.5 Å². The Bertz CT molecular complexity index is 453. The summed E-state index contributed by atoms with van der Waals surface area (Å²) in [6, 6.07) is 9.42. The van der Waals surface area contributed by atoms with Crippen molar-refractivity contribution < 1.29 is 0 Å². The zero-order valence-electron chi connectivity index (χ0n) is 14.4. The fraction of sp³-hybridized carbons (Fsp3) is 0.684. The van der Waals surface area contributed by atoms with Gasteiger partial charge in [0, 0.05) is 19.1 Å². The second-order valence-corrected chi connectivity index (χ2v) is 7.69. The average Bonchev–Trinajstić information content (AvgIpc) is 2.41. The minimum Gasteiger partial charge on any atom is -0.317 e. The smallest absolute Gasteiger partial charge is 0.0233 e. The van der Waals surface area contributed by atoms with Gasteiger partial charge in [0.25, 0.3) is 0 Å². The normalized spacial score (nSPS) is 25.2. The molecular weight excluding hydrogens is 256 g/mol. The summed E-state index contributed by atoms with van der Waals surface area (Å²) in [7, 11) is 4.39. The monoisotopic (exact) mass is 288 g/mol. The van der Waals surface area contributed by atoms with Gasteiger partial charge in [0.1, 0.15) is 0 Å². The second-order valence-electron chi connectivity index (χ2n) is 7.69. The highest BCUT2D eigenvalue weighted by atomic mass is 15.1. The summed E-state index contributed by atoms with van der Waals surface area (Å²) in [5.41, 5.74) is 3.36. The van der Waals surface area contributed by atoms with Crippen LogP contribution in [0, 0.1) is 18.3 Å². The lowest BCUT2D eigenvalue weighted by Crippen LogP contribution is -2.45. The van der Waals surface area contributed by atoms with Crippen LogP contribution in [-0.2, 0) is 6.54 Å². The van der Waals surface area contributed by atoms with E-state index in [4.69, 9.17) is 0 Å². The highest BCUT2D eigenvalue weighted by molar-refractivity contribution is 5.25. The van der Waals surface area contributed by atoms with Gasteiger partial charge in [0.15, 0.2) is 0 Å². The van der Waals surface area contributed by atoms with Crippen LogP contribution in [0.5, 0.6) is 0 Å². The van der Waals surface area contributed by atoms with Gasteiger partial charge in [-0.25, -0.2) is 0 Å². The predicted molar refractivity (Wildman–Crippen MR) is 91.5 cm³/mol. The lowest BCUT2D eigenvalue weighted by atomic mass is 9.69. The Balaban J connectivity index is 1.97. The summed E-state index contributed by atoms with van der Waals surface area (Å²) < 4.78 is 0. The molecule has 2 rings (SSSR count). The molecule has 0 aliphatic heterocycles. The van der Waals surface area contributed by atoms with E-state index in [1.54, 1.807) is 0 Å². The zero-order chi connectivity index (χ0) is 15.5. The first-order valence-electron chi connectivity index (χ1n) is 8.31. The van der Waals surface area contributed by atoms with Crippen LogP contribution in [0.2, 0.25) is 0 Å². The van der Waals surface area contributed by atoms with E-state index in [-0.39, 0.29) is 0 Å². The van der Waals surface area contributed by atoms with Crippen LogP contribution in [0.3, 0.4) is 0 Å². The van der Waals surface area contributed by atoms with E-state index >= 15 is 0 Å². The van der Waals surface area contributed by atoms with Crippen LogP contribution in [0.4, 0.5) is 0 Å². The Hall–Kier alpha value is -0.860. The molecule has 21 heavy (non-hydrogen) atoms. The quantitative estimate of drug-likeness (QED) is 0.885. The highest BCUT2D eigenvalue weighted by Crippen LogP contribution is 2.39. The van der Waals surface area contributed by atoms with Gasteiger partial charge in [-0.15, -0.1) is 0 Å². The molecule has 1 aromatic carbocycles. The van der Waals surface area contributed by atoms with Gasteiger partial charge in [-0.2, -0.15) is 0 Å². The largest absolute Gasteiger partial charge is 0.317 e. The van der Waals surface area contributed by atoms with Crippen LogP contribution in [0.1, 0.15) is 44.2 Å². The van der Waals surface area contributed by atoms with Gasteiger partial charge in [0.05, 0.1) is 0 Å². The number of rotatable bonds is 5. The zero-order valence-corrected chi connectivity index (χ0v) is 14.4. The van der Waals surface area contributed by atoms with Crippen molar-refractivity contribution in [3.8, 4) is 0 Å². The summed E-state index contributed by atoms with van der Waals surface area (Å²) in [4.78, 5) is 2.50. The maximum absolute atomic E-state index is 3.55. The number of nitrogens with one attached hydrogen (secondary N) is 1. The highest BCUT2D eigenvalue weighted by Gasteiger charge is 2.34. The number of hydrogen-bond donors (Lipinski definition) is 1. The van der Waals surface area contributed by atoms with Crippen molar-refractivity contribution in [2.75, 3.05) is 20.6 Å². The first-order chi connectivity index (χ1) is 9.91. The first-order valence-corrected chi connectivity index (χ1v) is 8.31. The maximum Gasteiger partial charge on any atom is 0.0233 e. The van der Waals surface area contributed by atoms with Crippen LogP contribution >= 0.6 is 0 Å². The Morgan fingerprint density at radius 1 is 1.29 bits per heavy atom. The van der Waals surface area contributed by atoms with Crippen molar-refractivity contribution >= 4 is 0 Å². The number of nitrogens with zero attached hydrogens (tertiary/aromatic N) is 1. The van der Waals surface area contributed by atoms with Crippen molar-refractivity contribution in [3.63, 3.8) is 0 Å². The van der Waals surface area contributed by atoms with E-state index in [1.807, 2.05) is 0 Å². The van der Waals surface area contributed by atoms with Crippen molar-refractivity contribution in [1.82, 2.24) is 10.2 Å². The van der Waals surface area contributed by atoms with Crippen molar-refractivity contribution in [2.45, 2.75) is 52.6 Å². The predicted octanol–water partition coefficient (Wildman–Crippen LogP) is 3.84. The number of hydrogen-bond acceptors (Lipinski definition) is 2. The molecule has 0 radical (unpaired) electrons. The number of benzene rings is 1. The van der Waals surface area contributed by atoms with E-state index in [0.29, 0.717) is 11.5 Å². The average molecular weight is 288 g/mol. The van der Waals surface area contributed by atoms with E-state index in [1.165, 1.54) is 36.9 Å². The van der Waals surface area contributed by atoms with Gasteiger partial charge >= 0.3 is 0 Å². The molecule has 0 spiro atoms. The van der Waals surface area contributed by atoms with E-state index in [9.17, 15) is 0 Å². The third-order valence-corrected chi connectivity index (χ3v) is 5.13. The van der Waals surface area contributed by atoms with Crippen molar-refractivity contribution in [2.24, 2.45) is 11.3 Å². The van der Waals surface area contributed by atoms with Gasteiger partial charge in [-0.05, 0) is 62.7 Å². The molecule has 2 unspecified atom stereocenters. The summed E-state index contributed by atoms with van der Waals surface area (Å²) in [6.07, 6.45) is 3.99. The molecule has 1 N–H and O–H groups in total.